The van der Waals surface area contributed by atoms with Gasteiger partial charge in [0.05, 0.1) is 18.0 Å². The third-order valence-corrected chi connectivity index (χ3v) is 2.12. The van der Waals surface area contributed by atoms with Gasteiger partial charge in [0.1, 0.15) is 5.75 Å². The van der Waals surface area contributed by atoms with Gasteiger partial charge in [0.25, 0.3) is 0 Å². The highest BCUT2D eigenvalue weighted by atomic mass is 16.5. The van der Waals surface area contributed by atoms with Gasteiger partial charge >= 0.3 is 5.69 Å². The fraction of sp³-hybridized carbons (Fsp3) is 0.200. The Kier molecular flexibility index (Phi) is 1.96. The largest absolute Gasteiger partial charge is 0.496 e. The highest BCUT2D eigenvalue weighted by Gasteiger charge is 2.05. The summed E-state index contributed by atoms with van der Waals surface area (Å²) in [6.45, 7) is 1.83. The van der Waals surface area contributed by atoms with Crippen LogP contribution < -0.4 is 10.4 Å². The van der Waals surface area contributed by atoms with Crippen LogP contribution in [0.5, 0.6) is 5.75 Å². The van der Waals surface area contributed by atoms with E-state index in [0.29, 0.717) is 5.52 Å². The molecule has 0 radical (unpaired) electrons. The molecule has 4 nitrogen and oxygen atoms in total. The number of ether oxygens (including phenoxy) is 1. The number of nitrogens with zero attached hydrogens (tertiary/aromatic N) is 1. The molecule has 0 amide bonds. The number of H-pyrrole nitrogens is 1. The Morgan fingerprint density at radius 2 is 2.21 bits per heavy atom. The molecule has 1 N–H and O–H groups in total. The van der Waals surface area contributed by atoms with Crippen molar-refractivity contribution in [3.8, 4) is 5.75 Å². The molecule has 2 rings (SSSR count). The molecule has 4 heteroatoms. The van der Waals surface area contributed by atoms with Crippen LogP contribution >= 0.6 is 0 Å². The number of hydrogen-bond acceptors (Lipinski definition) is 3. The van der Waals surface area contributed by atoms with Crippen molar-refractivity contribution in [2.24, 2.45) is 0 Å². The summed E-state index contributed by atoms with van der Waals surface area (Å²) >= 11 is 0. The zero-order chi connectivity index (χ0) is 10.1. The Bertz CT molecular complexity index is 531. The van der Waals surface area contributed by atoms with Crippen molar-refractivity contribution < 1.29 is 4.74 Å². The lowest BCUT2D eigenvalue weighted by Gasteiger charge is -2.05. The summed E-state index contributed by atoms with van der Waals surface area (Å²) in [6, 6.07) is 5.45. The van der Waals surface area contributed by atoms with Gasteiger partial charge in [0.15, 0.2) is 0 Å². The third-order valence-electron chi connectivity index (χ3n) is 2.12. The van der Waals surface area contributed by atoms with Crippen LogP contribution in [0.2, 0.25) is 0 Å². The van der Waals surface area contributed by atoms with E-state index in [1.807, 2.05) is 19.1 Å². The number of aromatic nitrogens is 2. The number of aromatic amines is 1. The van der Waals surface area contributed by atoms with E-state index in [-0.39, 0.29) is 5.69 Å². The first-order chi connectivity index (χ1) is 6.72. The predicted molar refractivity (Wildman–Crippen MR) is 53.7 cm³/mol. The Morgan fingerprint density at radius 3 is 2.93 bits per heavy atom. The number of rotatable bonds is 1. The van der Waals surface area contributed by atoms with Gasteiger partial charge in [-0.25, -0.2) is 4.79 Å². The predicted octanol–water partition coefficient (Wildman–Crippen LogP) is 1.24. The van der Waals surface area contributed by atoms with Gasteiger partial charge in [-0.15, -0.1) is 0 Å². The quantitative estimate of drug-likeness (QED) is 0.736. The first kappa shape index (κ1) is 8.74. The molecule has 1 heterocycles. The van der Waals surface area contributed by atoms with E-state index in [9.17, 15) is 4.79 Å². The third kappa shape index (κ3) is 1.25. The second-order valence-electron chi connectivity index (χ2n) is 3.02. The van der Waals surface area contributed by atoms with E-state index in [4.69, 9.17) is 4.74 Å². The molecule has 0 atom stereocenters. The zero-order valence-electron chi connectivity index (χ0n) is 8.00. The molecule has 0 saturated heterocycles. The summed E-state index contributed by atoms with van der Waals surface area (Å²) in [5.41, 5.74) is 1.10. The average Bonchev–Trinajstić information content (AvgIpc) is 2.16. The molecule has 1 aromatic carbocycles. The van der Waals surface area contributed by atoms with Crippen LogP contribution in [0, 0.1) is 6.92 Å². The second kappa shape index (κ2) is 3.14. The molecule has 72 valence electrons. The van der Waals surface area contributed by atoms with Crippen molar-refractivity contribution in [3.05, 3.63) is 34.4 Å². The summed E-state index contributed by atoms with van der Waals surface area (Å²) in [4.78, 5) is 17.6. The highest BCUT2D eigenvalue weighted by Crippen LogP contribution is 2.24. The monoisotopic (exact) mass is 190 g/mol. The molecule has 2 aromatic rings. The summed E-state index contributed by atoms with van der Waals surface area (Å²) < 4.78 is 5.19. The molecular formula is C10H10N2O2. The highest BCUT2D eigenvalue weighted by molar-refractivity contribution is 5.86. The van der Waals surface area contributed by atoms with E-state index < -0.39 is 0 Å². The molecule has 1 aromatic heterocycles. The Morgan fingerprint density at radius 1 is 1.43 bits per heavy atom. The minimum absolute atomic E-state index is 0.330. The van der Waals surface area contributed by atoms with Crippen LogP contribution in [-0.4, -0.2) is 17.1 Å². The van der Waals surface area contributed by atoms with Gasteiger partial charge in [-0.2, -0.15) is 4.98 Å². The summed E-state index contributed by atoms with van der Waals surface area (Å²) in [7, 11) is 1.60. The lowest BCUT2D eigenvalue weighted by atomic mass is 10.2. The topological polar surface area (TPSA) is 55.0 Å². The second-order valence-corrected chi connectivity index (χ2v) is 3.02. The van der Waals surface area contributed by atoms with Gasteiger partial charge in [-0.1, -0.05) is 6.07 Å². The van der Waals surface area contributed by atoms with E-state index in [0.717, 1.165) is 16.8 Å². The molecule has 0 aliphatic heterocycles. The molecule has 14 heavy (non-hydrogen) atoms. The Labute approximate surface area is 80.6 Å². The summed E-state index contributed by atoms with van der Waals surface area (Å²) in [5, 5.41) is 0.856. The van der Waals surface area contributed by atoms with Crippen molar-refractivity contribution in [2.45, 2.75) is 6.92 Å². The van der Waals surface area contributed by atoms with Crippen LogP contribution in [0.15, 0.2) is 23.0 Å². The molecule has 0 aliphatic rings. The number of methoxy groups -OCH3 is 1. The van der Waals surface area contributed by atoms with Crippen LogP contribution in [0.4, 0.5) is 0 Å². The first-order valence-electron chi connectivity index (χ1n) is 4.26. The number of hydrogen-bond donors (Lipinski definition) is 1. The SMILES string of the molecule is COc1cccc2nc(=O)[nH]c(C)c12. The molecule has 0 aliphatic carbocycles. The molecule has 0 spiro atoms. The van der Waals surface area contributed by atoms with Crippen LogP contribution in [0.1, 0.15) is 5.69 Å². The van der Waals surface area contributed by atoms with Gasteiger partial charge in [0, 0.05) is 5.69 Å². The zero-order valence-corrected chi connectivity index (χ0v) is 8.00. The van der Waals surface area contributed by atoms with Crippen molar-refractivity contribution >= 4 is 10.9 Å². The fourth-order valence-corrected chi connectivity index (χ4v) is 1.52. The minimum atomic E-state index is -0.330. The molecule has 0 saturated carbocycles. The van der Waals surface area contributed by atoms with Crippen molar-refractivity contribution in [1.29, 1.82) is 0 Å². The lowest BCUT2D eigenvalue weighted by molar-refractivity contribution is 0.419. The normalized spacial score (nSPS) is 10.4. The Hall–Kier alpha value is -1.84. The van der Waals surface area contributed by atoms with E-state index in [1.165, 1.54) is 0 Å². The van der Waals surface area contributed by atoms with Gasteiger partial charge < -0.3 is 9.72 Å². The van der Waals surface area contributed by atoms with E-state index in [2.05, 4.69) is 9.97 Å². The van der Waals surface area contributed by atoms with Gasteiger partial charge in [0.2, 0.25) is 0 Å². The van der Waals surface area contributed by atoms with Gasteiger partial charge in [-0.05, 0) is 19.1 Å². The number of aryl methyl sites for hydroxylation is 1. The molecule has 0 unspecified atom stereocenters. The maximum Gasteiger partial charge on any atom is 0.345 e. The molecular weight excluding hydrogens is 180 g/mol. The standard InChI is InChI=1S/C10H10N2O2/c1-6-9-7(12-10(13)11-6)4-3-5-8(9)14-2/h3-5H,1-2H3,(H,11,12,13). The van der Waals surface area contributed by atoms with Crippen LogP contribution in [0.25, 0.3) is 10.9 Å². The van der Waals surface area contributed by atoms with E-state index >= 15 is 0 Å². The fourth-order valence-electron chi connectivity index (χ4n) is 1.52. The number of fused-ring (bicyclic) bond motifs is 1. The van der Waals surface area contributed by atoms with Crippen LogP contribution in [0.3, 0.4) is 0 Å². The van der Waals surface area contributed by atoms with E-state index in [1.54, 1.807) is 13.2 Å². The molecule has 0 bridgehead atoms. The lowest BCUT2D eigenvalue weighted by Crippen LogP contribution is -2.11. The van der Waals surface area contributed by atoms with Gasteiger partial charge in [-0.3, -0.25) is 0 Å². The minimum Gasteiger partial charge on any atom is -0.496 e. The molecule has 0 fully saturated rings. The Balaban J connectivity index is 2.94. The number of benzene rings is 1. The maximum atomic E-state index is 11.1. The average molecular weight is 190 g/mol. The first-order valence-corrected chi connectivity index (χ1v) is 4.26. The van der Waals surface area contributed by atoms with Crippen molar-refractivity contribution in [1.82, 2.24) is 9.97 Å². The number of nitrogens with one attached hydrogen (secondary N) is 1. The smallest absolute Gasteiger partial charge is 0.345 e. The summed E-state index contributed by atoms with van der Waals surface area (Å²) in [6.07, 6.45) is 0. The van der Waals surface area contributed by atoms with Crippen molar-refractivity contribution in [2.75, 3.05) is 7.11 Å². The van der Waals surface area contributed by atoms with Crippen molar-refractivity contribution in [3.63, 3.8) is 0 Å². The maximum absolute atomic E-state index is 11.1. The van der Waals surface area contributed by atoms with Crippen LogP contribution in [-0.2, 0) is 0 Å². The summed E-state index contributed by atoms with van der Waals surface area (Å²) in [5.74, 6) is 0.726.